The lowest BCUT2D eigenvalue weighted by atomic mass is 10.1. The number of nitrogens with zero attached hydrogens (tertiary/aromatic N) is 1. The second-order valence-electron chi connectivity index (χ2n) is 5.96. The summed E-state index contributed by atoms with van der Waals surface area (Å²) >= 11 is 0. The summed E-state index contributed by atoms with van der Waals surface area (Å²) in [6.07, 6.45) is 0. The maximum Gasteiger partial charge on any atom is 0.255 e. The van der Waals surface area contributed by atoms with Gasteiger partial charge in [-0.25, -0.2) is 4.39 Å². The molecule has 0 bridgehead atoms. The average molecular weight is 342 g/mol. The van der Waals surface area contributed by atoms with Crippen LogP contribution < -0.4 is 5.32 Å². The number of morpholine rings is 1. The molecule has 0 aromatic heterocycles. The van der Waals surface area contributed by atoms with Gasteiger partial charge in [0.2, 0.25) is 0 Å². The van der Waals surface area contributed by atoms with E-state index in [1.165, 1.54) is 24.3 Å². The van der Waals surface area contributed by atoms with Crippen LogP contribution in [0.2, 0.25) is 0 Å². The Labute approximate surface area is 145 Å². The SMILES string of the molecule is CC1COCCN1C(=O)c1ccc(NC(=O)c2ccc(F)cc2)cc1. The molecule has 6 heteroatoms. The minimum absolute atomic E-state index is 0.0408. The number of hydrogen-bond acceptors (Lipinski definition) is 3. The minimum atomic E-state index is -0.392. The molecule has 2 aromatic rings. The molecule has 3 rings (SSSR count). The Morgan fingerprint density at radius 3 is 2.36 bits per heavy atom. The van der Waals surface area contributed by atoms with Gasteiger partial charge in [0.25, 0.3) is 11.8 Å². The highest BCUT2D eigenvalue weighted by Gasteiger charge is 2.24. The van der Waals surface area contributed by atoms with Gasteiger partial charge >= 0.3 is 0 Å². The fourth-order valence-corrected chi connectivity index (χ4v) is 2.70. The number of amides is 2. The van der Waals surface area contributed by atoms with Crippen molar-refractivity contribution < 1.29 is 18.7 Å². The van der Waals surface area contributed by atoms with Gasteiger partial charge in [-0.3, -0.25) is 9.59 Å². The summed E-state index contributed by atoms with van der Waals surface area (Å²) in [5, 5.41) is 2.73. The van der Waals surface area contributed by atoms with Gasteiger partial charge in [-0.1, -0.05) is 0 Å². The first-order valence-corrected chi connectivity index (χ1v) is 8.10. The largest absolute Gasteiger partial charge is 0.377 e. The number of rotatable bonds is 3. The maximum absolute atomic E-state index is 12.9. The summed E-state index contributed by atoms with van der Waals surface area (Å²) in [6, 6.07) is 12.1. The molecule has 1 N–H and O–H groups in total. The van der Waals surface area contributed by atoms with Crippen LogP contribution in [0.25, 0.3) is 0 Å². The molecule has 1 atom stereocenters. The molecule has 130 valence electrons. The van der Waals surface area contributed by atoms with E-state index in [0.717, 1.165) is 0 Å². The van der Waals surface area contributed by atoms with Crippen LogP contribution in [0.3, 0.4) is 0 Å². The molecule has 25 heavy (non-hydrogen) atoms. The summed E-state index contributed by atoms with van der Waals surface area (Å²) in [5.74, 6) is -0.773. The summed E-state index contributed by atoms with van der Waals surface area (Å²) in [6.45, 7) is 3.61. The summed E-state index contributed by atoms with van der Waals surface area (Å²) in [7, 11) is 0. The van der Waals surface area contributed by atoms with Crippen molar-refractivity contribution >= 4 is 17.5 Å². The highest BCUT2D eigenvalue weighted by Crippen LogP contribution is 2.16. The molecular weight excluding hydrogens is 323 g/mol. The zero-order valence-electron chi connectivity index (χ0n) is 13.9. The number of anilines is 1. The van der Waals surface area contributed by atoms with Crippen molar-refractivity contribution in [3.63, 3.8) is 0 Å². The van der Waals surface area contributed by atoms with E-state index >= 15 is 0 Å². The summed E-state index contributed by atoms with van der Waals surface area (Å²) < 4.78 is 18.2. The number of ether oxygens (including phenoxy) is 1. The van der Waals surface area contributed by atoms with Crippen molar-refractivity contribution in [3.8, 4) is 0 Å². The third-order valence-electron chi connectivity index (χ3n) is 4.12. The van der Waals surface area contributed by atoms with Gasteiger partial charge in [0.05, 0.1) is 19.3 Å². The van der Waals surface area contributed by atoms with Crippen LogP contribution in [0.5, 0.6) is 0 Å². The molecule has 0 saturated carbocycles. The first-order valence-electron chi connectivity index (χ1n) is 8.10. The van der Waals surface area contributed by atoms with Gasteiger partial charge in [-0.15, -0.1) is 0 Å². The quantitative estimate of drug-likeness (QED) is 0.933. The van der Waals surface area contributed by atoms with Crippen molar-refractivity contribution in [2.75, 3.05) is 25.1 Å². The third kappa shape index (κ3) is 4.03. The number of nitrogens with one attached hydrogen (secondary N) is 1. The number of halogens is 1. The van der Waals surface area contributed by atoms with E-state index in [1.807, 2.05) is 6.92 Å². The Morgan fingerprint density at radius 1 is 1.08 bits per heavy atom. The van der Waals surface area contributed by atoms with Gasteiger partial charge in [-0.05, 0) is 55.5 Å². The molecule has 1 saturated heterocycles. The van der Waals surface area contributed by atoms with E-state index in [2.05, 4.69) is 5.32 Å². The molecule has 2 aromatic carbocycles. The number of carbonyl (C=O) groups is 2. The molecule has 2 amide bonds. The predicted molar refractivity (Wildman–Crippen MR) is 92.1 cm³/mol. The van der Waals surface area contributed by atoms with Gasteiger partial charge in [0.1, 0.15) is 5.82 Å². The van der Waals surface area contributed by atoms with E-state index in [9.17, 15) is 14.0 Å². The van der Waals surface area contributed by atoms with Crippen LogP contribution >= 0.6 is 0 Å². The minimum Gasteiger partial charge on any atom is -0.377 e. The summed E-state index contributed by atoms with van der Waals surface area (Å²) in [4.78, 5) is 26.4. The van der Waals surface area contributed by atoms with E-state index < -0.39 is 5.82 Å². The van der Waals surface area contributed by atoms with Gasteiger partial charge in [-0.2, -0.15) is 0 Å². The van der Waals surface area contributed by atoms with E-state index in [1.54, 1.807) is 29.2 Å². The van der Waals surface area contributed by atoms with Crippen LogP contribution in [0.4, 0.5) is 10.1 Å². The van der Waals surface area contributed by atoms with E-state index in [4.69, 9.17) is 4.74 Å². The topological polar surface area (TPSA) is 58.6 Å². The molecule has 1 unspecified atom stereocenters. The molecule has 1 heterocycles. The fourth-order valence-electron chi connectivity index (χ4n) is 2.70. The van der Waals surface area contributed by atoms with Crippen molar-refractivity contribution in [3.05, 3.63) is 65.5 Å². The monoisotopic (exact) mass is 342 g/mol. The zero-order chi connectivity index (χ0) is 17.8. The number of hydrogen-bond donors (Lipinski definition) is 1. The van der Waals surface area contributed by atoms with Crippen molar-refractivity contribution in [2.45, 2.75) is 13.0 Å². The smallest absolute Gasteiger partial charge is 0.255 e. The highest BCUT2D eigenvalue weighted by atomic mass is 19.1. The molecule has 1 fully saturated rings. The van der Waals surface area contributed by atoms with E-state index in [0.29, 0.717) is 36.6 Å². The average Bonchev–Trinajstić information content (AvgIpc) is 2.63. The second kappa shape index (κ2) is 7.44. The molecule has 0 spiro atoms. The first kappa shape index (κ1) is 17.1. The Kier molecular flexibility index (Phi) is 5.09. The van der Waals surface area contributed by atoms with Crippen molar-refractivity contribution in [2.24, 2.45) is 0 Å². The summed E-state index contributed by atoms with van der Waals surface area (Å²) in [5.41, 5.74) is 1.50. The number of benzene rings is 2. The van der Waals surface area contributed by atoms with Gasteiger partial charge in [0.15, 0.2) is 0 Å². The van der Waals surface area contributed by atoms with Gasteiger partial charge in [0, 0.05) is 23.4 Å². The molecular formula is C19H19FN2O3. The highest BCUT2D eigenvalue weighted by molar-refractivity contribution is 6.04. The molecule has 0 aliphatic carbocycles. The Morgan fingerprint density at radius 2 is 1.72 bits per heavy atom. The van der Waals surface area contributed by atoms with Crippen LogP contribution in [0, 0.1) is 5.82 Å². The lowest BCUT2D eigenvalue weighted by molar-refractivity contribution is 0.00359. The van der Waals surface area contributed by atoms with Crippen molar-refractivity contribution in [1.82, 2.24) is 4.90 Å². The normalized spacial score (nSPS) is 17.2. The van der Waals surface area contributed by atoms with Crippen LogP contribution in [-0.2, 0) is 4.74 Å². The lowest BCUT2D eigenvalue weighted by Gasteiger charge is -2.33. The van der Waals surface area contributed by atoms with E-state index in [-0.39, 0.29) is 17.9 Å². The van der Waals surface area contributed by atoms with Gasteiger partial charge < -0.3 is 15.0 Å². The van der Waals surface area contributed by atoms with Crippen molar-refractivity contribution in [1.29, 1.82) is 0 Å². The standard InChI is InChI=1S/C19H19FN2O3/c1-13-12-25-11-10-22(13)19(24)15-4-8-17(9-5-15)21-18(23)14-2-6-16(20)7-3-14/h2-9,13H,10-12H2,1H3,(H,21,23). The number of carbonyl (C=O) groups excluding carboxylic acids is 2. The molecule has 1 aliphatic heterocycles. The lowest BCUT2D eigenvalue weighted by Crippen LogP contribution is -2.47. The molecule has 5 nitrogen and oxygen atoms in total. The third-order valence-corrected chi connectivity index (χ3v) is 4.12. The maximum atomic E-state index is 12.9. The van der Waals surface area contributed by atoms with Crippen LogP contribution in [-0.4, -0.2) is 42.5 Å². The first-order chi connectivity index (χ1) is 12.0. The Bertz CT molecular complexity index is 759. The van der Waals surface area contributed by atoms with Crippen LogP contribution in [0.1, 0.15) is 27.6 Å². The van der Waals surface area contributed by atoms with Crippen LogP contribution in [0.15, 0.2) is 48.5 Å². The second-order valence-corrected chi connectivity index (χ2v) is 5.96. The molecule has 1 aliphatic rings. The Hall–Kier alpha value is -2.73. The Balaban J connectivity index is 1.66. The fraction of sp³-hybridized carbons (Fsp3) is 0.263. The predicted octanol–water partition coefficient (Wildman–Crippen LogP) is 2.94. The molecule has 0 radical (unpaired) electrons. The zero-order valence-corrected chi connectivity index (χ0v) is 13.9.